The third-order valence-corrected chi connectivity index (χ3v) is 2.75. The summed E-state index contributed by atoms with van der Waals surface area (Å²) in [5, 5.41) is 3.21. The summed E-state index contributed by atoms with van der Waals surface area (Å²) in [6.07, 6.45) is 1.70. The van der Waals surface area contributed by atoms with Crippen molar-refractivity contribution >= 4 is 27.3 Å². The molecule has 16 heavy (non-hydrogen) atoms. The van der Waals surface area contributed by atoms with Gasteiger partial charge in [0.1, 0.15) is 5.76 Å². The van der Waals surface area contributed by atoms with E-state index in [-0.39, 0.29) is 0 Å². The molecule has 0 bridgehead atoms. The zero-order valence-corrected chi connectivity index (χ0v) is 10.4. The van der Waals surface area contributed by atoms with Crippen LogP contribution >= 0.6 is 15.9 Å². The van der Waals surface area contributed by atoms with Gasteiger partial charge >= 0.3 is 0 Å². The van der Waals surface area contributed by atoms with E-state index in [0.29, 0.717) is 12.4 Å². The van der Waals surface area contributed by atoms with Crippen molar-refractivity contribution in [2.24, 2.45) is 0 Å². The molecule has 3 N–H and O–H groups in total. The van der Waals surface area contributed by atoms with Gasteiger partial charge in [-0.2, -0.15) is 0 Å². The zero-order valence-electron chi connectivity index (χ0n) is 8.83. The largest absolute Gasteiger partial charge is 0.444 e. The third kappa shape index (κ3) is 2.55. The van der Waals surface area contributed by atoms with Gasteiger partial charge in [0.25, 0.3) is 0 Å². The number of nitrogens with zero attached hydrogens (tertiary/aromatic N) is 1. The van der Waals surface area contributed by atoms with Gasteiger partial charge in [-0.25, -0.2) is 4.98 Å². The maximum Gasteiger partial charge on any atom is 0.213 e. The highest BCUT2D eigenvalue weighted by atomic mass is 79.9. The van der Waals surface area contributed by atoms with Crippen LogP contribution in [0, 0.1) is 6.92 Å². The minimum Gasteiger partial charge on any atom is -0.444 e. The van der Waals surface area contributed by atoms with Crippen LogP contribution in [0.4, 0.5) is 11.4 Å². The van der Waals surface area contributed by atoms with E-state index in [1.807, 2.05) is 25.1 Å². The molecule has 0 saturated carbocycles. The van der Waals surface area contributed by atoms with Crippen LogP contribution < -0.4 is 11.1 Å². The predicted octanol–water partition coefficient (Wildman–Crippen LogP) is 2.94. The van der Waals surface area contributed by atoms with Crippen LogP contribution in [-0.2, 0) is 6.54 Å². The predicted molar refractivity (Wildman–Crippen MR) is 67.1 cm³/mol. The second-order valence-corrected chi connectivity index (χ2v) is 4.31. The van der Waals surface area contributed by atoms with E-state index in [0.717, 1.165) is 21.6 Å². The summed E-state index contributed by atoms with van der Waals surface area (Å²) in [5.41, 5.74) is 7.34. The summed E-state index contributed by atoms with van der Waals surface area (Å²) in [7, 11) is 0. The number of benzene rings is 1. The number of nitrogens with two attached hydrogens (primary N) is 1. The molecule has 0 saturated heterocycles. The topological polar surface area (TPSA) is 64.1 Å². The van der Waals surface area contributed by atoms with Crippen LogP contribution in [-0.4, -0.2) is 4.98 Å². The summed E-state index contributed by atoms with van der Waals surface area (Å²) in [6.45, 7) is 2.42. The number of aryl methyl sites for hydroxylation is 1. The van der Waals surface area contributed by atoms with Gasteiger partial charge in [0, 0.05) is 15.8 Å². The maximum atomic E-state index is 5.65. The molecule has 1 aromatic heterocycles. The van der Waals surface area contributed by atoms with E-state index in [1.54, 1.807) is 6.20 Å². The van der Waals surface area contributed by atoms with Gasteiger partial charge in [0.15, 0.2) is 0 Å². The van der Waals surface area contributed by atoms with Crippen LogP contribution in [0.5, 0.6) is 0 Å². The molecular formula is C11H12BrN3O. The van der Waals surface area contributed by atoms with Crippen molar-refractivity contribution in [2.45, 2.75) is 13.5 Å². The van der Waals surface area contributed by atoms with Gasteiger partial charge in [-0.1, -0.05) is 0 Å². The van der Waals surface area contributed by atoms with Crippen LogP contribution in [0.2, 0.25) is 0 Å². The Hall–Kier alpha value is -1.49. The van der Waals surface area contributed by atoms with Crippen molar-refractivity contribution in [3.63, 3.8) is 0 Å². The Kier molecular flexibility index (Phi) is 3.14. The highest BCUT2D eigenvalue weighted by Crippen LogP contribution is 2.24. The lowest BCUT2D eigenvalue weighted by Gasteiger charge is -2.06. The summed E-state index contributed by atoms with van der Waals surface area (Å²) in [5.74, 6) is 1.48. The molecule has 0 fully saturated rings. The first-order valence-electron chi connectivity index (χ1n) is 4.85. The number of rotatable bonds is 3. The Morgan fingerprint density at radius 1 is 1.50 bits per heavy atom. The second-order valence-electron chi connectivity index (χ2n) is 3.46. The molecule has 1 heterocycles. The molecule has 0 amide bonds. The molecule has 5 heteroatoms. The zero-order chi connectivity index (χ0) is 11.5. The number of nitrogen functional groups attached to an aromatic ring is 1. The minimum atomic E-state index is 0.552. The van der Waals surface area contributed by atoms with Crippen LogP contribution in [0.25, 0.3) is 0 Å². The Bertz CT molecular complexity index is 496. The molecule has 0 aliphatic heterocycles. The number of anilines is 2. The highest BCUT2D eigenvalue weighted by Gasteiger charge is 2.03. The fourth-order valence-electron chi connectivity index (χ4n) is 1.33. The first kappa shape index (κ1) is 11.0. The standard InChI is InChI=1S/C11H12BrN3O/c1-7-5-15-11(16-7)6-14-10-3-2-8(13)4-9(10)12/h2-5,14H,6,13H2,1H3. The van der Waals surface area contributed by atoms with E-state index in [2.05, 4.69) is 26.2 Å². The van der Waals surface area contributed by atoms with Crippen LogP contribution in [0.15, 0.2) is 33.3 Å². The van der Waals surface area contributed by atoms with Gasteiger partial charge in [-0.3, -0.25) is 0 Å². The van der Waals surface area contributed by atoms with Crippen molar-refractivity contribution < 1.29 is 4.42 Å². The highest BCUT2D eigenvalue weighted by molar-refractivity contribution is 9.10. The molecule has 0 aliphatic rings. The Balaban J connectivity index is 2.04. The fourth-order valence-corrected chi connectivity index (χ4v) is 1.87. The van der Waals surface area contributed by atoms with Crippen molar-refractivity contribution in [3.8, 4) is 0 Å². The molecule has 0 atom stereocenters. The molecule has 84 valence electrons. The normalized spacial score (nSPS) is 10.4. The number of aromatic nitrogens is 1. The van der Waals surface area contributed by atoms with Crippen molar-refractivity contribution in [2.75, 3.05) is 11.1 Å². The average molecular weight is 282 g/mol. The number of hydrogen-bond donors (Lipinski definition) is 2. The second kappa shape index (κ2) is 4.57. The first-order chi connectivity index (χ1) is 7.65. The first-order valence-corrected chi connectivity index (χ1v) is 5.64. The quantitative estimate of drug-likeness (QED) is 0.849. The van der Waals surface area contributed by atoms with E-state index in [1.165, 1.54) is 0 Å². The lowest BCUT2D eigenvalue weighted by molar-refractivity contribution is 0.479. The van der Waals surface area contributed by atoms with E-state index >= 15 is 0 Å². The Morgan fingerprint density at radius 2 is 2.31 bits per heavy atom. The molecule has 2 aromatic rings. The molecule has 2 rings (SSSR count). The molecule has 1 aromatic carbocycles. The summed E-state index contributed by atoms with van der Waals surface area (Å²) in [6, 6.07) is 5.60. The molecule has 0 unspecified atom stereocenters. The number of halogens is 1. The Labute approximate surface area is 102 Å². The molecule has 0 aliphatic carbocycles. The molecule has 0 radical (unpaired) electrons. The monoisotopic (exact) mass is 281 g/mol. The third-order valence-electron chi connectivity index (χ3n) is 2.09. The minimum absolute atomic E-state index is 0.552. The van der Waals surface area contributed by atoms with E-state index in [4.69, 9.17) is 10.2 Å². The lowest BCUT2D eigenvalue weighted by Crippen LogP contribution is -2.00. The average Bonchev–Trinajstić information content (AvgIpc) is 2.63. The lowest BCUT2D eigenvalue weighted by atomic mass is 10.3. The van der Waals surface area contributed by atoms with Gasteiger partial charge in [0.2, 0.25) is 5.89 Å². The molecular weight excluding hydrogens is 270 g/mol. The van der Waals surface area contributed by atoms with Crippen molar-refractivity contribution in [1.82, 2.24) is 4.98 Å². The van der Waals surface area contributed by atoms with E-state index in [9.17, 15) is 0 Å². The summed E-state index contributed by atoms with van der Waals surface area (Å²) in [4.78, 5) is 4.11. The van der Waals surface area contributed by atoms with Crippen LogP contribution in [0.3, 0.4) is 0 Å². The van der Waals surface area contributed by atoms with Gasteiger partial charge in [-0.05, 0) is 41.1 Å². The van der Waals surface area contributed by atoms with E-state index < -0.39 is 0 Å². The summed E-state index contributed by atoms with van der Waals surface area (Å²) < 4.78 is 6.28. The Morgan fingerprint density at radius 3 is 2.94 bits per heavy atom. The molecule has 0 spiro atoms. The maximum absolute atomic E-state index is 5.65. The summed E-state index contributed by atoms with van der Waals surface area (Å²) >= 11 is 3.43. The van der Waals surface area contributed by atoms with Crippen molar-refractivity contribution in [1.29, 1.82) is 0 Å². The number of hydrogen-bond acceptors (Lipinski definition) is 4. The van der Waals surface area contributed by atoms with Crippen molar-refractivity contribution in [3.05, 3.63) is 40.5 Å². The van der Waals surface area contributed by atoms with Gasteiger partial charge < -0.3 is 15.5 Å². The number of nitrogens with one attached hydrogen (secondary N) is 1. The molecule has 4 nitrogen and oxygen atoms in total. The van der Waals surface area contributed by atoms with Gasteiger partial charge in [0.05, 0.1) is 12.7 Å². The number of oxazole rings is 1. The van der Waals surface area contributed by atoms with Crippen LogP contribution in [0.1, 0.15) is 11.7 Å². The fraction of sp³-hybridized carbons (Fsp3) is 0.182. The SMILES string of the molecule is Cc1cnc(CNc2ccc(N)cc2Br)o1. The smallest absolute Gasteiger partial charge is 0.213 e. The van der Waals surface area contributed by atoms with Gasteiger partial charge in [-0.15, -0.1) is 0 Å².